The van der Waals surface area contributed by atoms with Gasteiger partial charge in [0.1, 0.15) is 0 Å². The van der Waals surface area contributed by atoms with Gasteiger partial charge in [0.2, 0.25) is 0 Å². The van der Waals surface area contributed by atoms with E-state index < -0.39 is 0 Å². The van der Waals surface area contributed by atoms with Gasteiger partial charge in [-0.3, -0.25) is 0 Å². The van der Waals surface area contributed by atoms with Gasteiger partial charge in [-0.2, -0.15) is 0 Å². The number of rotatable bonds is 0. The van der Waals surface area contributed by atoms with E-state index in [9.17, 15) is 0 Å². The molecular weight excluding hydrogens is 88.2 g/mol. The van der Waals surface area contributed by atoms with Crippen LogP contribution < -0.4 is 0 Å². The molecule has 2 aliphatic rings. The van der Waals surface area contributed by atoms with Gasteiger partial charge >= 0.3 is 17.6 Å². The zero-order chi connectivity index (χ0) is 2.57. The summed E-state index contributed by atoms with van der Waals surface area (Å²) in [6.45, 7) is 0. The van der Waals surface area contributed by atoms with Crippen LogP contribution in [0.5, 0.6) is 0 Å². The molecule has 2 rings (SSSR count). The second kappa shape index (κ2) is 0.266. The lowest BCUT2D eigenvalue weighted by molar-refractivity contribution is 0.451. The van der Waals surface area contributed by atoms with E-state index in [1.165, 1.54) is 0 Å². The molecular formula is O2Si2. The van der Waals surface area contributed by atoms with Crippen LogP contribution in [0.15, 0.2) is 0 Å². The molecule has 0 saturated carbocycles. The third kappa shape index (κ3) is 0.0618. The van der Waals surface area contributed by atoms with E-state index in [0.29, 0.717) is 0 Å². The second-order valence-corrected chi connectivity index (χ2v) is 6.01. The van der Waals surface area contributed by atoms with E-state index in [4.69, 9.17) is 8.23 Å². The summed E-state index contributed by atoms with van der Waals surface area (Å²) in [6.07, 6.45) is 0. The van der Waals surface area contributed by atoms with Gasteiger partial charge in [0.05, 0.1) is 0 Å². The molecule has 0 bridgehead atoms. The van der Waals surface area contributed by atoms with E-state index in [2.05, 4.69) is 0 Å². The maximum Gasteiger partial charge on any atom is 0.412 e. The average molecular weight is 88.2 g/mol. The fourth-order valence-electron chi connectivity index (χ4n) is 0.125. The molecule has 4 heteroatoms. The molecule has 2 aliphatic heterocycles. The molecule has 2 nitrogen and oxygen atoms in total. The van der Waals surface area contributed by atoms with Crippen LogP contribution in [-0.2, 0) is 8.23 Å². The van der Waals surface area contributed by atoms with E-state index in [-0.39, 0.29) is 17.6 Å². The summed E-state index contributed by atoms with van der Waals surface area (Å²) in [5.41, 5.74) is 0. The van der Waals surface area contributed by atoms with Gasteiger partial charge in [-0.25, -0.2) is 0 Å². The first-order valence-corrected chi connectivity index (χ1v) is 4.70. The molecule has 2 heterocycles. The Balaban J connectivity index is 2.48. The van der Waals surface area contributed by atoms with Gasteiger partial charge in [-0.1, -0.05) is 0 Å². The minimum absolute atomic E-state index is 0.361. The lowest BCUT2D eigenvalue weighted by Gasteiger charge is -1.70. The average Bonchev–Trinajstić information content (AvgIpc) is 1.36. The van der Waals surface area contributed by atoms with Crippen molar-refractivity contribution in [2.24, 2.45) is 0 Å². The van der Waals surface area contributed by atoms with Crippen LogP contribution in [0.1, 0.15) is 0 Å². The van der Waals surface area contributed by atoms with Crippen molar-refractivity contribution in [3.8, 4) is 0 Å². The summed E-state index contributed by atoms with van der Waals surface area (Å²) in [5, 5.41) is 0. The number of fused-ring (bicyclic) bond motifs is 1. The molecule has 2 fully saturated rings. The standard InChI is InChI=1S/O2Si2/c1-3-2-4(1)3. The molecule has 0 aromatic carbocycles. The summed E-state index contributed by atoms with van der Waals surface area (Å²) in [4.78, 5) is 0. The summed E-state index contributed by atoms with van der Waals surface area (Å²) < 4.78 is 9.57. The first-order chi connectivity index (χ1) is 1.97. The van der Waals surface area contributed by atoms with Crippen molar-refractivity contribution >= 4 is 17.6 Å². The molecule has 0 amide bonds. The zero-order valence-electron chi connectivity index (χ0n) is 1.82. The maximum absolute atomic E-state index is 4.79. The lowest BCUT2D eigenvalue weighted by atomic mass is 15.7. The predicted molar refractivity (Wildman–Crippen MR) is 13.7 cm³/mol. The highest BCUT2D eigenvalue weighted by atomic mass is 29.4. The van der Waals surface area contributed by atoms with E-state index >= 15 is 0 Å². The summed E-state index contributed by atoms with van der Waals surface area (Å²) in [6, 6.07) is 0. The van der Waals surface area contributed by atoms with Crippen LogP contribution in [-0.4, -0.2) is 17.6 Å². The van der Waals surface area contributed by atoms with Gasteiger partial charge in [0.25, 0.3) is 0 Å². The van der Waals surface area contributed by atoms with Gasteiger partial charge < -0.3 is 8.23 Å². The Kier molecular flexibility index (Phi) is 0.114. The van der Waals surface area contributed by atoms with Crippen LogP contribution in [0.2, 0.25) is 0 Å². The molecule has 0 aliphatic carbocycles. The monoisotopic (exact) mass is 87.9 g/mol. The molecule has 0 N–H and O–H groups in total. The lowest BCUT2D eigenvalue weighted by Crippen LogP contribution is -1.75. The molecule has 2 saturated heterocycles. The minimum Gasteiger partial charge on any atom is -0.412 e. The molecule has 0 unspecified atom stereocenters. The fourth-order valence-corrected chi connectivity index (χ4v) is 2.63. The molecule has 0 aromatic heterocycles. The van der Waals surface area contributed by atoms with Crippen molar-refractivity contribution in [1.82, 2.24) is 0 Å². The topological polar surface area (TPSA) is 25.1 Å². The summed E-state index contributed by atoms with van der Waals surface area (Å²) >= 11 is 0. The van der Waals surface area contributed by atoms with Gasteiger partial charge in [-0.15, -0.1) is 0 Å². The molecule has 0 spiro atoms. The molecule has 0 atom stereocenters. The first kappa shape index (κ1) is 1.71. The fraction of sp³-hybridized carbons (Fsp3) is 0. The molecule has 0 aromatic rings. The Morgan fingerprint density at radius 1 is 1.00 bits per heavy atom. The first-order valence-electron chi connectivity index (χ1n) is 1.07. The minimum atomic E-state index is -0.361. The van der Waals surface area contributed by atoms with Crippen LogP contribution in [0, 0.1) is 0 Å². The highest BCUT2D eigenvalue weighted by Gasteiger charge is 2.70. The van der Waals surface area contributed by atoms with Crippen molar-refractivity contribution in [2.75, 3.05) is 0 Å². The predicted octanol–water partition coefficient (Wildman–Crippen LogP) is -0.898. The van der Waals surface area contributed by atoms with Crippen LogP contribution >= 0.6 is 0 Å². The van der Waals surface area contributed by atoms with E-state index in [0.717, 1.165) is 0 Å². The third-order valence-electron chi connectivity index (χ3n) is 0.454. The van der Waals surface area contributed by atoms with Crippen molar-refractivity contribution in [3.05, 3.63) is 0 Å². The van der Waals surface area contributed by atoms with Gasteiger partial charge in [0.15, 0.2) is 0 Å². The number of hydrogen-bond acceptors (Lipinski definition) is 2. The summed E-state index contributed by atoms with van der Waals surface area (Å²) in [7, 11) is -0.722. The second-order valence-electron chi connectivity index (χ2n) is 0.779. The highest BCUT2D eigenvalue weighted by molar-refractivity contribution is 7.39. The Morgan fingerprint density at radius 2 is 1.25 bits per heavy atom. The van der Waals surface area contributed by atoms with E-state index in [1.807, 2.05) is 0 Å². The molecule has 4 heavy (non-hydrogen) atoms. The maximum atomic E-state index is 4.79. The Labute approximate surface area is 26.8 Å². The Hall–Kier alpha value is 0.354. The molecule has 2 radical (unpaired) electrons. The Morgan fingerprint density at radius 3 is 1.25 bits per heavy atom. The normalized spacial score (nSPS) is 39.0. The highest BCUT2D eigenvalue weighted by Crippen LogP contribution is 2.31. The third-order valence-corrected chi connectivity index (χ3v) is 4.09. The van der Waals surface area contributed by atoms with Crippen molar-refractivity contribution < 1.29 is 8.23 Å². The SMILES string of the molecule is O1[Si]2O[Si]12. The van der Waals surface area contributed by atoms with Crippen LogP contribution in [0.25, 0.3) is 0 Å². The largest absolute Gasteiger partial charge is 0.412 e. The zero-order valence-corrected chi connectivity index (χ0v) is 3.82. The molecule has 20 valence electrons. The smallest absolute Gasteiger partial charge is 0.412 e. The van der Waals surface area contributed by atoms with Crippen molar-refractivity contribution in [2.45, 2.75) is 0 Å². The Bertz CT molecular complexity index is 40.0. The van der Waals surface area contributed by atoms with E-state index in [1.54, 1.807) is 0 Å². The van der Waals surface area contributed by atoms with Gasteiger partial charge in [-0.05, 0) is 0 Å². The van der Waals surface area contributed by atoms with Crippen molar-refractivity contribution in [3.63, 3.8) is 0 Å². The van der Waals surface area contributed by atoms with Crippen molar-refractivity contribution in [1.29, 1.82) is 0 Å². The van der Waals surface area contributed by atoms with Crippen LogP contribution in [0.3, 0.4) is 0 Å². The number of hydrogen-bond donors (Lipinski definition) is 0. The van der Waals surface area contributed by atoms with Gasteiger partial charge in [0, 0.05) is 0 Å². The summed E-state index contributed by atoms with van der Waals surface area (Å²) in [5.74, 6) is 0. The van der Waals surface area contributed by atoms with Crippen LogP contribution in [0.4, 0.5) is 0 Å². The quantitative estimate of drug-likeness (QED) is 0.283.